The van der Waals surface area contributed by atoms with Crippen LogP contribution in [-0.2, 0) is 0 Å². The van der Waals surface area contributed by atoms with E-state index in [0.29, 0.717) is 10.7 Å². The molecule has 0 unspecified atom stereocenters. The molecule has 1 saturated carbocycles. The normalized spacial score (nSPS) is 18.2. The van der Waals surface area contributed by atoms with Crippen LogP contribution in [0.2, 0.25) is 5.02 Å². The molecule has 2 aliphatic rings. The molecular formula is C20H26ClN5. The van der Waals surface area contributed by atoms with Crippen molar-refractivity contribution >= 4 is 28.8 Å². The summed E-state index contributed by atoms with van der Waals surface area (Å²) >= 11 is 6.56. The molecule has 6 heteroatoms. The van der Waals surface area contributed by atoms with Crippen LogP contribution in [0.25, 0.3) is 11.1 Å². The lowest BCUT2D eigenvalue weighted by molar-refractivity contribution is 0.312. The first kappa shape index (κ1) is 17.4. The summed E-state index contributed by atoms with van der Waals surface area (Å²) in [6.45, 7) is 5.14. The van der Waals surface area contributed by atoms with Gasteiger partial charge in [0.05, 0.1) is 16.4 Å². The summed E-state index contributed by atoms with van der Waals surface area (Å²) in [4.78, 5) is 9.32. The SMILES string of the molecule is CN1CCN(c2ccc(-c3ccc(NCC4CC4)c(N)c3Cl)cn2)CC1. The van der Waals surface area contributed by atoms with Gasteiger partial charge in [0.25, 0.3) is 0 Å². The Hall–Kier alpha value is -1.98. The number of nitrogen functional groups attached to an aromatic ring is 1. The third-order valence-electron chi connectivity index (χ3n) is 5.34. The molecule has 2 aromatic rings. The van der Waals surface area contributed by atoms with E-state index in [4.69, 9.17) is 17.3 Å². The van der Waals surface area contributed by atoms with E-state index < -0.39 is 0 Å². The molecular weight excluding hydrogens is 346 g/mol. The topological polar surface area (TPSA) is 57.4 Å². The second kappa shape index (κ2) is 7.33. The highest BCUT2D eigenvalue weighted by Gasteiger charge is 2.21. The van der Waals surface area contributed by atoms with Crippen molar-refractivity contribution in [1.29, 1.82) is 0 Å². The molecule has 1 aliphatic carbocycles. The van der Waals surface area contributed by atoms with E-state index in [0.717, 1.165) is 61.3 Å². The Morgan fingerprint density at radius 2 is 1.92 bits per heavy atom. The summed E-state index contributed by atoms with van der Waals surface area (Å²) in [5, 5.41) is 4.01. The minimum Gasteiger partial charge on any atom is -0.396 e. The number of benzene rings is 1. The van der Waals surface area contributed by atoms with Gasteiger partial charge in [-0.3, -0.25) is 0 Å². The fourth-order valence-corrected chi connectivity index (χ4v) is 3.59. The Kier molecular flexibility index (Phi) is 4.92. The predicted octanol–water partition coefficient (Wildman–Crippen LogP) is 3.56. The number of hydrogen-bond donors (Lipinski definition) is 2. The number of piperazine rings is 1. The van der Waals surface area contributed by atoms with Crippen molar-refractivity contribution in [2.24, 2.45) is 5.92 Å². The van der Waals surface area contributed by atoms with Gasteiger partial charge in [0.1, 0.15) is 5.82 Å². The van der Waals surface area contributed by atoms with E-state index >= 15 is 0 Å². The third kappa shape index (κ3) is 3.74. The molecule has 0 radical (unpaired) electrons. The average Bonchev–Trinajstić information content (AvgIpc) is 3.48. The van der Waals surface area contributed by atoms with E-state index in [9.17, 15) is 0 Å². The monoisotopic (exact) mass is 371 g/mol. The van der Waals surface area contributed by atoms with Crippen molar-refractivity contribution in [3.8, 4) is 11.1 Å². The molecule has 138 valence electrons. The Bertz CT molecular complexity index is 765. The van der Waals surface area contributed by atoms with Crippen LogP contribution in [0.4, 0.5) is 17.2 Å². The van der Waals surface area contributed by atoms with Crippen LogP contribution >= 0.6 is 11.6 Å². The van der Waals surface area contributed by atoms with Crippen molar-refractivity contribution in [3.63, 3.8) is 0 Å². The first-order valence-corrected chi connectivity index (χ1v) is 9.71. The number of rotatable bonds is 5. The van der Waals surface area contributed by atoms with Crippen LogP contribution in [0.15, 0.2) is 30.5 Å². The van der Waals surface area contributed by atoms with E-state index in [1.165, 1.54) is 12.8 Å². The van der Waals surface area contributed by atoms with Crippen LogP contribution < -0.4 is 16.0 Å². The molecule has 3 N–H and O–H groups in total. The van der Waals surface area contributed by atoms with Gasteiger partial charge in [-0.05, 0) is 44.0 Å². The highest BCUT2D eigenvalue weighted by molar-refractivity contribution is 6.36. The van der Waals surface area contributed by atoms with E-state index in [2.05, 4.69) is 39.3 Å². The molecule has 1 aliphatic heterocycles. The van der Waals surface area contributed by atoms with Crippen LogP contribution in [0, 0.1) is 5.92 Å². The molecule has 26 heavy (non-hydrogen) atoms. The van der Waals surface area contributed by atoms with Gasteiger partial charge in [0.15, 0.2) is 0 Å². The van der Waals surface area contributed by atoms with Crippen LogP contribution in [0.3, 0.4) is 0 Å². The van der Waals surface area contributed by atoms with Crippen LogP contribution in [-0.4, -0.2) is 49.7 Å². The Balaban J connectivity index is 1.50. The Morgan fingerprint density at radius 1 is 1.15 bits per heavy atom. The van der Waals surface area contributed by atoms with Crippen molar-refractivity contribution in [3.05, 3.63) is 35.5 Å². The molecule has 2 heterocycles. The van der Waals surface area contributed by atoms with E-state index in [1.807, 2.05) is 18.3 Å². The molecule has 1 saturated heterocycles. The van der Waals surface area contributed by atoms with Crippen molar-refractivity contribution < 1.29 is 0 Å². The maximum atomic E-state index is 6.56. The van der Waals surface area contributed by atoms with Gasteiger partial charge in [-0.15, -0.1) is 0 Å². The van der Waals surface area contributed by atoms with E-state index in [1.54, 1.807) is 0 Å². The Morgan fingerprint density at radius 3 is 2.58 bits per heavy atom. The van der Waals surface area contributed by atoms with Crippen molar-refractivity contribution in [1.82, 2.24) is 9.88 Å². The third-order valence-corrected chi connectivity index (χ3v) is 5.75. The van der Waals surface area contributed by atoms with Crippen molar-refractivity contribution in [2.75, 3.05) is 55.7 Å². The minimum atomic E-state index is 0.597. The van der Waals surface area contributed by atoms with Gasteiger partial charge in [-0.25, -0.2) is 4.98 Å². The highest BCUT2D eigenvalue weighted by atomic mass is 35.5. The number of anilines is 3. The first-order valence-electron chi connectivity index (χ1n) is 9.33. The quantitative estimate of drug-likeness (QED) is 0.787. The Labute approximate surface area is 160 Å². The molecule has 1 aromatic carbocycles. The molecule has 4 rings (SSSR count). The number of halogens is 1. The maximum absolute atomic E-state index is 6.56. The summed E-state index contributed by atoms with van der Waals surface area (Å²) < 4.78 is 0. The number of nitrogens with one attached hydrogen (secondary N) is 1. The standard InChI is InChI=1S/C20H26ClN5/c1-25-8-10-26(11-9-25)18-7-4-15(13-24-18)16-5-6-17(20(22)19(16)21)23-12-14-2-3-14/h4-7,13-14,23H,2-3,8-12,22H2,1H3. The number of likely N-dealkylation sites (N-methyl/N-ethyl adjacent to an activating group) is 1. The molecule has 5 nitrogen and oxygen atoms in total. The van der Waals surface area contributed by atoms with Gasteiger partial charge in [0, 0.05) is 50.0 Å². The second-order valence-electron chi connectivity index (χ2n) is 7.41. The van der Waals surface area contributed by atoms with Crippen LogP contribution in [0.1, 0.15) is 12.8 Å². The van der Waals surface area contributed by atoms with Gasteiger partial charge in [0.2, 0.25) is 0 Å². The lowest BCUT2D eigenvalue weighted by Gasteiger charge is -2.33. The number of nitrogens with zero attached hydrogens (tertiary/aromatic N) is 3. The maximum Gasteiger partial charge on any atom is 0.128 e. The molecule has 0 atom stereocenters. The fourth-order valence-electron chi connectivity index (χ4n) is 3.31. The summed E-state index contributed by atoms with van der Waals surface area (Å²) in [7, 11) is 2.16. The summed E-state index contributed by atoms with van der Waals surface area (Å²) in [5.41, 5.74) is 9.72. The molecule has 0 amide bonds. The predicted molar refractivity (Wildman–Crippen MR) is 110 cm³/mol. The molecule has 0 bridgehead atoms. The highest BCUT2D eigenvalue weighted by Crippen LogP contribution is 2.38. The zero-order valence-corrected chi connectivity index (χ0v) is 16.0. The second-order valence-corrected chi connectivity index (χ2v) is 7.79. The average molecular weight is 372 g/mol. The number of pyridine rings is 1. The van der Waals surface area contributed by atoms with Crippen LogP contribution in [0.5, 0.6) is 0 Å². The number of aromatic nitrogens is 1. The summed E-state index contributed by atoms with van der Waals surface area (Å²) in [6.07, 6.45) is 4.51. The molecule has 1 aromatic heterocycles. The summed E-state index contributed by atoms with van der Waals surface area (Å²) in [5.74, 6) is 1.81. The lowest BCUT2D eigenvalue weighted by Crippen LogP contribution is -2.44. The van der Waals surface area contributed by atoms with Gasteiger partial charge in [-0.1, -0.05) is 17.7 Å². The van der Waals surface area contributed by atoms with E-state index in [-0.39, 0.29) is 0 Å². The zero-order chi connectivity index (χ0) is 18.1. The molecule has 2 fully saturated rings. The summed E-state index contributed by atoms with van der Waals surface area (Å²) in [6, 6.07) is 8.21. The van der Waals surface area contributed by atoms with Gasteiger partial charge < -0.3 is 20.9 Å². The number of nitrogens with two attached hydrogens (primary N) is 1. The van der Waals surface area contributed by atoms with Crippen molar-refractivity contribution in [2.45, 2.75) is 12.8 Å². The largest absolute Gasteiger partial charge is 0.396 e. The number of hydrogen-bond acceptors (Lipinski definition) is 5. The molecule has 0 spiro atoms. The van der Waals surface area contributed by atoms with Gasteiger partial charge in [-0.2, -0.15) is 0 Å². The smallest absolute Gasteiger partial charge is 0.128 e. The first-order chi connectivity index (χ1) is 12.6. The minimum absolute atomic E-state index is 0.597. The zero-order valence-electron chi connectivity index (χ0n) is 15.2. The lowest BCUT2D eigenvalue weighted by atomic mass is 10.1. The van der Waals surface area contributed by atoms with Gasteiger partial charge >= 0.3 is 0 Å². The fraction of sp³-hybridized carbons (Fsp3) is 0.450.